The second kappa shape index (κ2) is 10.5. The van der Waals surface area contributed by atoms with E-state index < -0.39 is 0 Å². The Bertz CT molecular complexity index is 508. The summed E-state index contributed by atoms with van der Waals surface area (Å²) in [6.07, 6.45) is 1.34. The third kappa shape index (κ3) is 7.55. The molecule has 140 valence electrons. The van der Waals surface area contributed by atoms with Crippen molar-refractivity contribution < 1.29 is 14.3 Å². The van der Waals surface area contributed by atoms with Crippen LogP contribution >= 0.6 is 0 Å². The molecular formula is C20H32N2O3. The Morgan fingerprint density at radius 1 is 1.12 bits per heavy atom. The molecule has 1 saturated heterocycles. The molecule has 1 aliphatic heterocycles. The number of nitrogens with zero attached hydrogens (tertiary/aromatic N) is 1. The van der Waals surface area contributed by atoms with Crippen molar-refractivity contribution in [1.82, 2.24) is 10.2 Å². The zero-order valence-corrected chi connectivity index (χ0v) is 15.8. The highest BCUT2D eigenvalue weighted by Gasteiger charge is 2.21. The number of benzene rings is 1. The highest BCUT2D eigenvalue weighted by Crippen LogP contribution is 2.22. The second-order valence-corrected chi connectivity index (χ2v) is 7.28. The van der Waals surface area contributed by atoms with Crippen molar-refractivity contribution in [3.8, 4) is 0 Å². The lowest BCUT2D eigenvalue weighted by Crippen LogP contribution is -2.38. The zero-order valence-electron chi connectivity index (χ0n) is 15.8. The van der Waals surface area contributed by atoms with Crippen LogP contribution in [0.4, 0.5) is 0 Å². The molecule has 0 aliphatic carbocycles. The average molecular weight is 348 g/mol. The minimum Gasteiger partial charge on any atom is -0.382 e. The van der Waals surface area contributed by atoms with E-state index in [1.165, 1.54) is 25.1 Å². The molecule has 1 N–H and O–H groups in total. The van der Waals surface area contributed by atoms with E-state index in [4.69, 9.17) is 9.47 Å². The van der Waals surface area contributed by atoms with Gasteiger partial charge in [-0.15, -0.1) is 0 Å². The van der Waals surface area contributed by atoms with Crippen molar-refractivity contribution in [3.05, 3.63) is 35.4 Å². The van der Waals surface area contributed by atoms with Crippen molar-refractivity contribution in [3.63, 3.8) is 0 Å². The fourth-order valence-electron chi connectivity index (χ4n) is 3.50. The summed E-state index contributed by atoms with van der Waals surface area (Å²) >= 11 is 0. The Hall–Kier alpha value is -1.43. The molecule has 1 aliphatic rings. The number of rotatable bonds is 9. The van der Waals surface area contributed by atoms with E-state index in [0.29, 0.717) is 19.8 Å². The van der Waals surface area contributed by atoms with Crippen molar-refractivity contribution in [2.24, 2.45) is 11.8 Å². The minimum atomic E-state index is -0.100. The van der Waals surface area contributed by atoms with Crippen molar-refractivity contribution in [2.45, 2.75) is 33.4 Å². The highest BCUT2D eigenvalue weighted by atomic mass is 16.5. The third-order valence-electron chi connectivity index (χ3n) is 4.53. The molecule has 1 fully saturated rings. The molecule has 5 nitrogen and oxygen atoms in total. The van der Waals surface area contributed by atoms with Gasteiger partial charge < -0.3 is 14.8 Å². The number of nitrogens with one attached hydrogen (secondary N) is 1. The van der Waals surface area contributed by atoms with Gasteiger partial charge in [0.2, 0.25) is 5.91 Å². The maximum atomic E-state index is 11.7. The van der Waals surface area contributed by atoms with Crippen LogP contribution < -0.4 is 5.32 Å². The van der Waals surface area contributed by atoms with Crippen LogP contribution in [0.1, 0.15) is 31.4 Å². The van der Waals surface area contributed by atoms with Crippen molar-refractivity contribution in [2.75, 3.05) is 40.0 Å². The van der Waals surface area contributed by atoms with E-state index in [9.17, 15) is 4.79 Å². The van der Waals surface area contributed by atoms with Gasteiger partial charge in [0.1, 0.15) is 6.61 Å². The van der Waals surface area contributed by atoms with Crippen LogP contribution in [0.15, 0.2) is 24.3 Å². The van der Waals surface area contributed by atoms with Crippen molar-refractivity contribution in [1.29, 1.82) is 0 Å². The molecule has 1 aromatic rings. The quantitative estimate of drug-likeness (QED) is 0.697. The monoisotopic (exact) mass is 348 g/mol. The molecule has 0 unspecified atom stereocenters. The van der Waals surface area contributed by atoms with Crippen LogP contribution in [-0.4, -0.2) is 50.8 Å². The third-order valence-corrected chi connectivity index (χ3v) is 4.53. The van der Waals surface area contributed by atoms with Gasteiger partial charge in [0, 0.05) is 33.3 Å². The highest BCUT2D eigenvalue weighted by molar-refractivity contribution is 5.77. The van der Waals surface area contributed by atoms with Gasteiger partial charge in [-0.25, -0.2) is 0 Å². The van der Waals surface area contributed by atoms with Gasteiger partial charge >= 0.3 is 0 Å². The summed E-state index contributed by atoms with van der Waals surface area (Å²) in [6.45, 7) is 9.61. The minimum absolute atomic E-state index is 0.0762. The standard InChI is InChI=1S/C20H32N2O3/c1-16-10-17(2)13-22(12-16)14-19-6-4-18(5-7-19)11-21-20(23)15-25-9-8-24-3/h4-7,16-17H,8-15H2,1-3H3,(H,21,23)/t16-,17-/m1/s1. The Morgan fingerprint density at radius 2 is 1.76 bits per heavy atom. The lowest BCUT2D eigenvalue weighted by atomic mass is 9.91. The fourth-order valence-corrected chi connectivity index (χ4v) is 3.50. The first-order valence-corrected chi connectivity index (χ1v) is 9.20. The number of amides is 1. The molecular weight excluding hydrogens is 316 g/mol. The predicted octanol–water partition coefficient (Wildman–Crippen LogP) is 2.44. The van der Waals surface area contributed by atoms with E-state index in [1.807, 2.05) is 0 Å². The Balaban J connectivity index is 1.71. The van der Waals surface area contributed by atoms with Gasteiger partial charge in [0.05, 0.1) is 13.2 Å². The number of piperidine rings is 1. The first-order chi connectivity index (χ1) is 12.1. The van der Waals surface area contributed by atoms with Crippen LogP contribution in [0.5, 0.6) is 0 Å². The fraction of sp³-hybridized carbons (Fsp3) is 0.650. The molecule has 1 amide bonds. The lowest BCUT2D eigenvalue weighted by Gasteiger charge is -2.35. The van der Waals surface area contributed by atoms with Gasteiger partial charge in [-0.3, -0.25) is 9.69 Å². The zero-order chi connectivity index (χ0) is 18.1. The van der Waals surface area contributed by atoms with Crippen LogP contribution in [0.2, 0.25) is 0 Å². The first-order valence-electron chi connectivity index (χ1n) is 9.20. The summed E-state index contributed by atoms with van der Waals surface area (Å²) in [5, 5.41) is 2.87. The molecule has 2 rings (SSSR count). The van der Waals surface area contributed by atoms with E-state index in [2.05, 4.69) is 48.3 Å². The van der Waals surface area contributed by atoms with Crippen molar-refractivity contribution >= 4 is 5.91 Å². The number of ether oxygens (including phenoxy) is 2. The number of hydrogen-bond acceptors (Lipinski definition) is 4. The predicted molar refractivity (Wildman–Crippen MR) is 99.2 cm³/mol. The Labute approximate surface area is 151 Å². The van der Waals surface area contributed by atoms with E-state index in [-0.39, 0.29) is 12.5 Å². The molecule has 0 saturated carbocycles. The topological polar surface area (TPSA) is 50.8 Å². The van der Waals surface area contributed by atoms with Crippen LogP contribution in [0, 0.1) is 11.8 Å². The lowest BCUT2D eigenvalue weighted by molar-refractivity contribution is -0.126. The van der Waals surface area contributed by atoms with Gasteiger partial charge in [-0.2, -0.15) is 0 Å². The van der Waals surface area contributed by atoms with Crippen LogP contribution in [0.25, 0.3) is 0 Å². The van der Waals surface area contributed by atoms with Gasteiger partial charge in [-0.05, 0) is 29.4 Å². The van der Waals surface area contributed by atoms with Gasteiger partial charge in [0.25, 0.3) is 0 Å². The smallest absolute Gasteiger partial charge is 0.246 e. The number of likely N-dealkylation sites (tertiary alicyclic amines) is 1. The molecule has 25 heavy (non-hydrogen) atoms. The Morgan fingerprint density at radius 3 is 2.40 bits per heavy atom. The maximum absolute atomic E-state index is 11.7. The first kappa shape index (κ1) is 19.9. The number of methoxy groups -OCH3 is 1. The molecule has 0 radical (unpaired) electrons. The summed E-state index contributed by atoms with van der Waals surface area (Å²) in [4.78, 5) is 14.2. The van der Waals surface area contributed by atoms with E-state index in [1.54, 1.807) is 7.11 Å². The molecule has 0 aromatic heterocycles. The van der Waals surface area contributed by atoms with Crippen LogP contribution in [-0.2, 0) is 27.4 Å². The second-order valence-electron chi connectivity index (χ2n) is 7.28. The van der Waals surface area contributed by atoms with Gasteiger partial charge in [-0.1, -0.05) is 38.1 Å². The molecule has 5 heteroatoms. The summed E-state index contributed by atoms with van der Waals surface area (Å²) in [7, 11) is 1.61. The Kier molecular flexibility index (Phi) is 8.38. The number of hydrogen-bond donors (Lipinski definition) is 1. The van der Waals surface area contributed by atoms with E-state index >= 15 is 0 Å². The average Bonchev–Trinajstić information content (AvgIpc) is 2.57. The SMILES string of the molecule is COCCOCC(=O)NCc1ccc(CN2C[C@H](C)C[C@@H](C)C2)cc1. The summed E-state index contributed by atoms with van der Waals surface area (Å²) < 4.78 is 10.1. The molecule has 0 bridgehead atoms. The summed E-state index contributed by atoms with van der Waals surface area (Å²) in [5.74, 6) is 1.46. The molecule has 0 spiro atoms. The molecule has 1 aromatic carbocycles. The number of carbonyl (C=O) groups excluding carboxylic acids is 1. The summed E-state index contributed by atoms with van der Waals surface area (Å²) in [6, 6.07) is 8.53. The van der Waals surface area contributed by atoms with Gasteiger partial charge in [0.15, 0.2) is 0 Å². The molecule has 1 heterocycles. The number of carbonyl (C=O) groups is 1. The maximum Gasteiger partial charge on any atom is 0.246 e. The summed E-state index contributed by atoms with van der Waals surface area (Å²) in [5.41, 5.74) is 2.44. The van der Waals surface area contributed by atoms with Crippen LogP contribution in [0.3, 0.4) is 0 Å². The largest absolute Gasteiger partial charge is 0.382 e. The normalized spacial score (nSPS) is 21.2. The molecule has 2 atom stereocenters. The van der Waals surface area contributed by atoms with E-state index in [0.717, 1.165) is 23.9 Å².